The molecule has 17 heavy (non-hydrogen) atoms. The first-order valence-electron chi connectivity index (χ1n) is 5.03. The molecule has 0 N–H and O–H groups in total. The number of carbonyl (C=O) groups excluding carboxylic acids is 1. The fourth-order valence-corrected chi connectivity index (χ4v) is 1.67. The van der Waals surface area contributed by atoms with Gasteiger partial charge in [0.15, 0.2) is 0 Å². The molecule has 2 rings (SSSR count). The van der Waals surface area contributed by atoms with E-state index in [1.807, 2.05) is 6.07 Å². The maximum absolute atomic E-state index is 11.0. The van der Waals surface area contributed by atoms with Gasteiger partial charge in [-0.25, -0.2) is 0 Å². The molecular formula is C14H8NO2-. The summed E-state index contributed by atoms with van der Waals surface area (Å²) in [6.07, 6.45) is 0. The van der Waals surface area contributed by atoms with Crippen molar-refractivity contribution in [2.45, 2.75) is 0 Å². The molecule has 0 aromatic heterocycles. The Bertz CT molecular complexity index is 612. The van der Waals surface area contributed by atoms with Crippen LogP contribution in [0.15, 0.2) is 48.5 Å². The molecule has 0 saturated heterocycles. The van der Waals surface area contributed by atoms with Crippen LogP contribution in [0.3, 0.4) is 0 Å². The molecule has 0 saturated carbocycles. The molecule has 0 aliphatic carbocycles. The third-order valence-corrected chi connectivity index (χ3v) is 2.45. The highest BCUT2D eigenvalue weighted by atomic mass is 16.4. The van der Waals surface area contributed by atoms with Gasteiger partial charge in [-0.15, -0.1) is 0 Å². The van der Waals surface area contributed by atoms with Crippen LogP contribution in [0.5, 0.6) is 0 Å². The molecule has 0 atom stereocenters. The highest BCUT2D eigenvalue weighted by Crippen LogP contribution is 2.23. The Morgan fingerprint density at radius 3 is 2.59 bits per heavy atom. The van der Waals surface area contributed by atoms with Gasteiger partial charge in [0.05, 0.1) is 17.6 Å². The van der Waals surface area contributed by atoms with Crippen LogP contribution in [-0.2, 0) is 0 Å². The molecule has 2 aromatic rings. The van der Waals surface area contributed by atoms with Crippen LogP contribution in [0.2, 0.25) is 0 Å². The van der Waals surface area contributed by atoms with Crippen LogP contribution >= 0.6 is 0 Å². The first-order chi connectivity index (χ1) is 8.22. The van der Waals surface area contributed by atoms with E-state index in [2.05, 4.69) is 0 Å². The molecular weight excluding hydrogens is 214 g/mol. The van der Waals surface area contributed by atoms with Gasteiger partial charge in [-0.3, -0.25) is 0 Å². The first-order valence-corrected chi connectivity index (χ1v) is 5.03. The zero-order chi connectivity index (χ0) is 12.3. The van der Waals surface area contributed by atoms with E-state index < -0.39 is 5.97 Å². The number of carboxylic acid groups (broad SMARTS) is 1. The fraction of sp³-hybridized carbons (Fsp3) is 0. The fourth-order valence-electron chi connectivity index (χ4n) is 1.67. The lowest BCUT2D eigenvalue weighted by Crippen LogP contribution is -2.22. The predicted molar refractivity (Wildman–Crippen MR) is 60.9 cm³/mol. The Kier molecular flexibility index (Phi) is 2.89. The topological polar surface area (TPSA) is 63.9 Å². The van der Waals surface area contributed by atoms with Crippen molar-refractivity contribution in [3.63, 3.8) is 0 Å². The third kappa shape index (κ3) is 2.16. The third-order valence-electron chi connectivity index (χ3n) is 2.45. The number of hydrogen-bond acceptors (Lipinski definition) is 3. The number of nitrogens with zero attached hydrogens (tertiary/aromatic N) is 1. The van der Waals surface area contributed by atoms with Gasteiger partial charge in [0, 0.05) is 5.56 Å². The van der Waals surface area contributed by atoms with Gasteiger partial charge < -0.3 is 9.90 Å². The number of aromatic carboxylic acids is 1. The number of rotatable bonds is 2. The van der Waals surface area contributed by atoms with Gasteiger partial charge >= 0.3 is 0 Å². The summed E-state index contributed by atoms with van der Waals surface area (Å²) in [6.45, 7) is 0. The SMILES string of the molecule is N#Cc1cccc(-c2ccccc2C(=O)[O-])c1. The molecule has 3 heteroatoms. The van der Waals surface area contributed by atoms with Crippen molar-refractivity contribution >= 4 is 5.97 Å². The van der Waals surface area contributed by atoms with Gasteiger partial charge in [-0.05, 0) is 23.3 Å². The molecule has 0 fully saturated rings. The maximum Gasteiger partial charge on any atom is 0.0991 e. The van der Waals surface area contributed by atoms with Gasteiger partial charge in [0.2, 0.25) is 0 Å². The second-order valence-corrected chi connectivity index (χ2v) is 3.53. The zero-order valence-corrected chi connectivity index (χ0v) is 8.88. The quantitative estimate of drug-likeness (QED) is 0.775. The van der Waals surface area contributed by atoms with E-state index in [9.17, 15) is 9.90 Å². The van der Waals surface area contributed by atoms with Crippen molar-refractivity contribution in [3.05, 3.63) is 59.7 Å². The van der Waals surface area contributed by atoms with E-state index in [0.717, 1.165) is 0 Å². The standard InChI is InChI=1S/C14H9NO2/c15-9-10-4-3-5-11(8-10)12-6-1-2-7-13(12)14(16)17/h1-8H,(H,16,17)/p-1. The van der Waals surface area contributed by atoms with Crippen LogP contribution in [-0.4, -0.2) is 5.97 Å². The Morgan fingerprint density at radius 2 is 1.88 bits per heavy atom. The minimum absolute atomic E-state index is 0.127. The van der Waals surface area contributed by atoms with E-state index in [0.29, 0.717) is 16.7 Å². The lowest BCUT2D eigenvalue weighted by atomic mass is 9.98. The maximum atomic E-state index is 11.0. The van der Waals surface area contributed by atoms with Crippen molar-refractivity contribution in [2.24, 2.45) is 0 Å². The van der Waals surface area contributed by atoms with Crippen molar-refractivity contribution < 1.29 is 9.90 Å². The highest BCUT2D eigenvalue weighted by molar-refractivity contribution is 5.94. The first kappa shape index (κ1) is 10.9. The molecule has 0 aliphatic heterocycles. The predicted octanol–water partition coefficient (Wildman–Crippen LogP) is 1.59. The minimum Gasteiger partial charge on any atom is -0.545 e. The number of nitriles is 1. The molecule has 0 aliphatic rings. The summed E-state index contributed by atoms with van der Waals surface area (Å²) in [6, 6.07) is 15.4. The van der Waals surface area contributed by atoms with Gasteiger partial charge in [0.25, 0.3) is 0 Å². The second-order valence-electron chi connectivity index (χ2n) is 3.53. The number of carboxylic acids is 1. The van der Waals surface area contributed by atoms with Crippen molar-refractivity contribution in [1.82, 2.24) is 0 Å². The average Bonchev–Trinajstić information content (AvgIpc) is 2.39. The molecule has 3 nitrogen and oxygen atoms in total. The van der Waals surface area contributed by atoms with Crippen molar-refractivity contribution in [2.75, 3.05) is 0 Å². The number of hydrogen-bond donors (Lipinski definition) is 0. The highest BCUT2D eigenvalue weighted by Gasteiger charge is 2.05. The van der Waals surface area contributed by atoms with E-state index in [1.165, 1.54) is 6.07 Å². The van der Waals surface area contributed by atoms with Gasteiger partial charge in [-0.2, -0.15) is 5.26 Å². The van der Waals surface area contributed by atoms with E-state index >= 15 is 0 Å². The average molecular weight is 222 g/mol. The summed E-state index contributed by atoms with van der Waals surface area (Å²) in [5, 5.41) is 19.8. The monoisotopic (exact) mass is 222 g/mol. The Hall–Kier alpha value is -2.60. The van der Waals surface area contributed by atoms with Gasteiger partial charge in [-0.1, -0.05) is 36.4 Å². The lowest BCUT2D eigenvalue weighted by molar-refractivity contribution is -0.254. The summed E-state index contributed by atoms with van der Waals surface area (Å²) in [5.74, 6) is -1.22. The Balaban J connectivity index is 2.61. The van der Waals surface area contributed by atoms with Crippen LogP contribution in [0.1, 0.15) is 15.9 Å². The number of benzene rings is 2. The summed E-state index contributed by atoms with van der Waals surface area (Å²) in [4.78, 5) is 11.0. The van der Waals surface area contributed by atoms with E-state index in [1.54, 1.807) is 42.5 Å². The van der Waals surface area contributed by atoms with Crippen LogP contribution < -0.4 is 5.11 Å². The lowest BCUT2D eigenvalue weighted by Gasteiger charge is -2.10. The van der Waals surface area contributed by atoms with Crippen LogP contribution in [0.4, 0.5) is 0 Å². The molecule has 0 spiro atoms. The molecule has 0 bridgehead atoms. The number of carbonyl (C=O) groups is 1. The summed E-state index contributed by atoms with van der Waals surface area (Å²) < 4.78 is 0. The molecule has 0 unspecified atom stereocenters. The van der Waals surface area contributed by atoms with Gasteiger partial charge in [0.1, 0.15) is 0 Å². The smallest absolute Gasteiger partial charge is 0.0991 e. The van der Waals surface area contributed by atoms with Crippen LogP contribution in [0, 0.1) is 11.3 Å². The normalized spacial score (nSPS) is 9.59. The summed E-state index contributed by atoms with van der Waals surface area (Å²) in [5.41, 5.74) is 1.88. The Labute approximate surface area is 98.6 Å². The molecule has 82 valence electrons. The second kappa shape index (κ2) is 4.50. The molecule has 0 radical (unpaired) electrons. The summed E-state index contributed by atoms with van der Waals surface area (Å²) in [7, 11) is 0. The van der Waals surface area contributed by atoms with Crippen molar-refractivity contribution in [1.29, 1.82) is 5.26 Å². The molecule has 0 heterocycles. The largest absolute Gasteiger partial charge is 0.545 e. The minimum atomic E-state index is -1.22. The van der Waals surface area contributed by atoms with Crippen molar-refractivity contribution in [3.8, 4) is 17.2 Å². The van der Waals surface area contributed by atoms with E-state index in [4.69, 9.17) is 5.26 Å². The Morgan fingerprint density at radius 1 is 1.12 bits per heavy atom. The molecule has 0 amide bonds. The van der Waals surface area contributed by atoms with E-state index in [-0.39, 0.29) is 5.56 Å². The molecule has 2 aromatic carbocycles. The van der Waals surface area contributed by atoms with Crippen LogP contribution in [0.25, 0.3) is 11.1 Å². The zero-order valence-electron chi connectivity index (χ0n) is 8.88. The summed E-state index contributed by atoms with van der Waals surface area (Å²) >= 11 is 0.